The first-order chi connectivity index (χ1) is 17.0. The van der Waals surface area contributed by atoms with E-state index in [0.717, 1.165) is 20.3 Å². The molecule has 10 heteroatoms. The third-order valence-corrected chi connectivity index (χ3v) is 7.68. The number of thioether (sulfide) groups is 1. The first kappa shape index (κ1) is 23.5. The van der Waals surface area contributed by atoms with Gasteiger partial charge in [0, 0.05) is 10.0 Å². The first-order valence-corrected chi connectivity index (χ1v) is 13.2. The Hall–Kier alpha value is -3.21. The molecule has 0 spiro atoms. The van der Waals surface area contributed by atoms with Gasteiger partial charge in [0.05, 0.1) is 40.5 Å². The Labute approximate surface area is 217 Å². The Morgan fingerprint density at radius 1 is 1.09 bits per heavy atom. The van der Waals surface area contributed by atoms with Crippen LogP contribution in [0.2, 0.25) is 0 Å². The van der Waals surface area contributed by atoms with Gasteiger partial charge in [-0.3, -0.25) is 14.2 Å². The van der Waals surface area contributed by atoms with Crippen LogP contribution in [-0.4, -0.2) is 33.3 Å². The summed E-state index contributed by atoms with van der Waals surface area (Å²) in [7, 11) is 1.60. The molecule has 0 aliphatic rings. The fourth-order valence-corrected chi connectivity index (χ4v) is 5.87. The molecule has 1 amide bonds. The van der Waals surface area contributed by atoms with Crippen LogP contribution in [0.25, 0.3) is 21.1 Å². The lowest BCUT2D eigenvalue weighted by Gasteiger charge is -2.15. The zero-order valence-electron chi connectivity index (χ0n) is 18.5. The topological polar surface area (TPSA) is 86.1 Å². The Morgan fingerprint density at radius 3 is 2.74 bits per heavy atom. The zero-order valence-corrected chi connectivity index (χ0v) is 21.7. The van der Waals surface area contributed by atoms with Crippen molar-refractivity contribution in [3.63, 3.8) is 0 Å². The van der Waals surface area contributed by atoms with Crippen molar-refractivity contribution in [2.75, 3.05) is 18.2 Å². The number of thiazole rings is 1. The second-order valence-electron chi connectivity index (χ2n) is 7.58. The second kappa shape index (κ2) is 10.2. The largest absolute Gasteiger partial charge is 0.496 e. The summed E-state index contributed by atoms with van der Waals surface area (Å²) in [5.41, 5.74) is 2.10. The summed E-state index contributed by atoms with van der Waals surface area (Å²) in [6.07, 6.45) is 0. The molecule has 0 saturated carbocycles. The minimum absolute atomic E-state index is 0.0797. The molecule has 0 bridgehead atoms. The van der Waals surface area contributed by atoms with Gasteiger partial charge in [0.2, 0.25) is 5.91 Å². The van der Waals surface area contributed by atoms with Gasteiger partial charge < -0.3 is 10.1 Å². The van der Waals surface area contributed by atoms with Gasteiger partial charge in [-0.1, -0.05) is 69.4 Å². The predicted molar refractivity (Wildman–Crippen MR) is 145 cm³/mol. The molecule has 3 aromatic carbocycles. The molecule has 0 saturated heterocycles. The number of methoxy groups -OCH3 is 1. The van der Waals surface area contributed by atoms with E-state index in [9.17, 15) is 9.59 Å². The highest BCUT2D eigenvalue weighted by Gasteiger charge is 2.16. The molecule has 2 heterocycles. The summed E-state index contributed by atoms with van der Waals surface area (Å²) in [4.78, 5) is 35.3. The van der Waals surface area contributed by atoms with Crippen molar-refractivity contribution in [1.29, 1.82) is 0 Å². The minimum Gasteiger partial charge on any atom is -0.496 e. The van der Waals surface area contributed by atoms with Gasteiger partial charge in [-0.25, -0.2) is 9.97 Å². The number of aromatic nitrogens is 3. The number of halogens is 1. The number of carbonyl (C=O) groups excluding carboxylic acids is 1. The number of ether oxygens (including phenoxy) is 1. The van der Waals surface area contributed by atoms with Gasteiger partial charge in [-0.15, -0.1) is 0 Å². The lowest BCUT2D eigenvalue weighted by molar-refractivity contribution is -0.113. The van der Waals surface area contributed by atoms with Gasteiger partial charge in [0.25, 0.3) is 5.56 Å². The molecule has 0 aliphatic carbocycles. The number of benzene rings is 3. The van der Waals surface area contributed by atoms with Crippen molar-refractivity contribution in [3.05, 3.63) is 87.1 Å². The summed E-state index contributed by atoms with van der Waals surface area (Å²) in [5, 5.41) is 4.37. The average Bonchev–Trinajstić information content (AvgIpc) is 3.26. The van der Waals surface area contributed by atoms with Crippen LogP contribution in [-0.2, 0) is 11.3 Å². The molecule has 5 aromatic rings. The summed E-state index contributed by atoms with van der Waals surface area (Å²) < 4.78 is 8.99. The predicted octanol–water partition coefficient (Wildman–Crippen LogP) is 5.56. The molecule has 0 atom stereocenters. The van der Waals surface area contributed by atoms with E-state index in [-0.39, 0.29) is 23.8 Å². The highest BCUT2D eigenvalue weighted by atomic mass is 79.9. The number of nitrogens with one attached hydrogen (secondary N) is 1. The fraction of sp³-hybridized carbons (Fsp3) is 0.120. The van der Waals surface area contributed by atoms with Gasteiger partial charge in [0.15, 0.2) is 10.3 Å². The molecular weight excluding hydrogens is 548 g/mol. The Bertz CT molecular complexity index is 1620. The first-order valence-electron chi connectivity index (χ1n) is 10.6. The van der Waals surface area contributed by atoms with E-state index >= 15 is 0 Å². The monoisotopic (exact) mass is 566 g/mol. The second-order valence-corrected chi connectivity index (χ2v) is 10.5. The summed E-state index contributed by atoms with van der Waals surface area (Å²) in [6.45, 7) is 0.275. The molecular formula is C25H19BrN4O3S2. The Balaban J connectivity index is 1.41. The Kier molecular flexibility index (Phi) is 6.85. The number of hydrogen-bond donors (Lipinski definition) is 1. The summed E-state index contributed by atoms with van der Waals surface area (Å²) in [5.74, 6) is 0.541. The zero-order chi connectivity index (χ0) is 24.4. The van der Waals surface area contributed by atoms with E-state index in [2.05, 4.69) is 26.2 Å². The number of rotatable bonds is 7. The number of amides is 1. The molecule has 0 fully saturated rings. The van der Waals surface area contributed by atoms with Crippen molar-refractivity contribution in [3.8, 4) is 5.75 Å². The number of para-hydroxylation sites is 2. The van der Waals surface area contributed by atoms with E-state index in [4.69, 9.17) is 9.72 Å². The van der Waals surface area contributed by atoms with Gasteiger partial charge in [-0.2, -0.15) is 0 Å². The maximum Gasteiger partial charge on any atom is 0.262 e. The highest BCUT2D eigenvalue weighted by Crippen LogP contribution is 2.29. The maximum absolute atomic E-state index is 13.4. The molecule has 5 rings (SSSR count). The van der Waals surface area contributed by atoms with Crippen molar-refractivity contribution in [2.24, 2.45) is 0 Å². The lowest BCUT2D eigenvalue weighted by Crippen LogP contribution is -2.25. The number of fused-ring (bicyclic) bond motifs is 2. The van der Waals surface area contributed by atoms with Gasteiger partial charge >= 0.3 is 0 Å². The van der Waals surface area contributed by atoms with Crippen LogP contribution in [0, 0.1) is 0 Å². The van der Waals surface area contributed by atoms with Crippen molar-refractivity contribution in [2.45, 2.75) is 11.7 Å². The smallest absolute Gasteiger partial charge is 0.262 e. The van der Waals surface area contributed by atoms with Crippen molar-refractivity contribution in [1.82, 2.24) is 14.5 Å². The van der Waals surface area contributed by atoms with Gasteiger partial charge in [-0.05, 0) is 36.4 Å². The van der Waals surface area contributed by atoms with Crippen molar-refractivity contribution < 1.29 is 9.53 Å². The molecule has 0 radical (unpaired) electrons. The summed E-state index contributed by atoms with van der Waals surface area (Å²) in [6, 6.07) is 20.5. The fourth-order valence-electron chi connectivity index (χ4n) is 3.64. The normalized spacial score (nSPS) is 11.1. The molecule has 35 heavy (non-hydrogen) atoms. The van der Waals surface area contributed by atoms with E-state index in [1.165, 1.54) is 23.1 Å². The van der Waals surface area contributed by atoms with Crippen LogP contribution in [0.4, 0.5) is 5.13 Å². The number of carbonyl (C=O) groups is 1. The third kappa shape index (κ3) is 5.09. The van der Waals surface area contributed by atoms with Crippen LogP contribution in [0.3, 0.4) is 0 Å². The molecule has 7 nitrogen and oxygen atoms in total. The molecule has 0 aliphatic heterocycles. The standard InChI is InChI=1S/C25H19BrN4O3S2/c1-33-20-9-5-2-6-15(20)13-30-23(32)17-7-3-4-8-18(17)28-25(30)34-14-22(31)29-24-27-19-11-10-16(26)12-21(19)35-24/h2-12H,13-14H2,1H3,(H,27,29,31). The minimum atomic E-state index is -0.223. The van der Waals surface area contributed by atoms with Crippen LogP contribution >= 0.6 is 39.0 Å². The summed E-state index contributed by atoms with van der Waals surface area (Å²) >= 11 is 6.07. The van der Waals surface area contributed by atoms with Crippen LogP contribution in [0.1, 0.15) is 5.56 Å². The third-order valence-electron chi connectivity index (χ3n) is 5.28. The SMILES string of the molecule is COc1ccccc1Cn1c(SCC(=O)Nc2nc3ccc(Br)cc3s2)nc2ccccc2c1=O. The maximum atomic E-state index is 13.4. The molecule has 1 N–H and O–H groups in total. The van der Waals surface area contributed by atoms with E-state index in [0.29, 0.717) is 26.9 Å². The molecule has 2 aromatic heterocycles. The Morgan fingerprint density at radius 2 is 1.89 bits per heavy atom. The highest BCUT2D eigenvalue weighted by molar-refractivity contribution is 9.10. The molecule has 0 unspecified atom stereocenters. The van der Waals surface area contributed by atoms with Gasteiger partial charge in [0.1, 0.15) is 5.75 Å². The van der Waals surface area contributed by atoms with E-state index in [1.54, 1.807) is 23.8 Å². The number of nitrogens with zero attached hydrogens (tertiary/aromatic N) is 3. The number of anilines is 1. The van der Waals surface area contributed by atoms with E-state index in [1.807, 2.05) is 54.6 Å². The van der Waals surface area contributed by atoms with Crippen molar-refractivity contribution >= 4 is 71.2 Å². The molecule has 176 valence electrons. The average molecular weight is 567 g/mol. The van der Waals surface area contributed by atoms with Crippen LogP contribution in [0.5, 0.6) is 5.75 Å². The lowest BCUT2D eigenvalue weighted by atomic mass is 10.2. The van der Waals surface area contributed by atoms with Crippen LogP contribution in [0.15, 0.2) is 81.2 Å². The quantitative estimate of drug-likeness (QED) is 0.205. The van der Waals surface area contributed by atoms with Crippen LogP contribution < -0.4 is 15.6 Å². The number of hydrogen-bond acceptors (Lipinski definition) is 7. The van der Waals surface area contributed by atoms with E-state index < -0.39 is 0 Å².